The first-order chi connectivity index (χ1) is 4.33. The van der Waals surface area contributed by atoms with Crippen LogP contribution in [0.4, 0.5) is 0 Å². The molecule has 1 unspecified atom stereocenters. The van der Waals surface area contributed by atoms with Crippen molar-refractivity contribution in [3.63, 3.8) is 0 Å². The number of hydrogen-bond acceptors (Lipinski definition) is 0. The molecule has 1 aliphatic rings. The van der Waals surface area contributed by atoms with E-state index in [1.54, 1.807) is 0 Å². The van der Waals surface area contributed by atoms with E-state index in [4.69, 9.17) is 0 Å². The van der Waals surface area contributed by atoms with Gasteiger partial charge in [0.25, 0.3) is 0 Å². The fourth-order valence-corrected chi connectivity index (χ4v) is 1.27. The van der Waals surface area contributed by atoms with Crippen molar-refractivity contribution in [3.05, 3.63) is 0 Å². The van der Waals surface area contributed by atoms with Crippen molar-refractivity contribution in [2.45, 2.75) is 45.1 Å². The lowest BCUT2D eigenvalue weighted by molar-refractivity contribution is 0.0494. The van der Waals surface area contributed by atoms with E-state index in [0.717, 1.165) is 18.8 Å². The molecule has 1 heteroatoms. The fraction of sp³-hybridized carbons (Fsp3) is 1.00. The first-order valence-electron chi connectivity index (χ1n) is 3.98. The number of hydrogen-bond donors (Lipinski definition) is 0. The summed E-state index contributed by atoms with van der Waals surface area (Å²) in [6, 6.07) is 0. The van der Waals surface area contributed by atoms with Crippen LogP contribution >= 0.6 is 0 Å². The quantitative estimate of drug-likeness (QED) is 0.554. The lowest BCUT2D eigenvalue weighted by Gasteiger charge is -2.26. The van der Waals surface area contributed by atoms with Crippen LogP contribution in [0.15, 0.2) is 0 Å². The summed E-state index contributed by atoms with van der Waals surface area (Å²) in [6.07, 6.45) is 5.49. The number of rotatable bonds is 3. The summed E-state index contributed by atoms with van der Waals surface area (Å²) >= 11 is 0. The van der Waals surface area contributed by atoms with E-state index in [1.807, 2.05) is 6.92 Å². The molecule has 0 aromatic carbocycles. The molecule has 9 heavy (non-hydrogen) atoms. The highest BCUT2D eigenvalue weighted by Crippen LogP contribution is 2.30. The Hall–Kier alpha value is -0.0400. The van der Waals surface area contributed by atoms with E-state index in [0.29, 0.717) is 0 Å². The normalized spacial score (nSPS) is 23.3. The summed E-state index contributed by atoms with van der Waals surface area (Å²) in [5.41, 5.74) is 0. The van der Waals surface area contributed by atoms with Crippen molar-refractivity contribution >= 4 is 0 Å². The van der Waals surface area contributed by atoms with Crippen molar-refractivity contribution in [2.75, 3.05) is 0 Å². The Balaban J connectivity index is 2.01. The van der Waals surface area contributed by atoms with Crippen LogP contribution in [0, 0.1) is 5.92 Å². The van der Waals surface area contributed by atoms with Crippen LogP contribution in [-0.4, -0.2) is 6.10 Å². The predicted octanol–water partition coefficient (Wildman–Crippen LogP) is 2.39. The average molecular weight is 127 g/mol. The highest BCUT2D eigenvalue weighted by atomic mass is 16.3. The van der Waals surface area contributed by atoms with Gasteiger partial charge in [-0.2, -0.15) is 0 Å². The molecule has 0 bridgehead atoms. The zero-order chi connectivity index (χ0) is 6.69. The predicted molar refractivity (Wildman–Crippen MR) is 36.7 cm³/mol. The molecule has 0 aliphatic heterocycles. The van der Waals surface area contributed by atoms with Gasteiger partial charge >= 0.3 is 0 Å². The Morgan fingerprint density at radius 3 is 2.56 bits per heavy atom. The maximum Gasteiger partial charge on any atom is 0.0930 e. The third-order valence-corrected chi connectivity index (χ3v) is 2.28. The van der Waals surface area contributed by atoms with Crippen LogP contribution < -0.4 is 0 Å². The van der Waals surface area contributed by atoms with Gasteiger partial charge in [0.05, 0.1) is 6.10 Å². The topological polar surface area (TPSA) is 19.9 Å². The highest BCUT2D eigenvalue weighted by Gasteiger charge is 2.20. The van der Waals surface area contributed by atoms with E-state index in [1.165, 1.54) is 19.3 Å². The molecule has 0 spiro atoms. The minimum absolute atomic E-state index is 0.268. The third kappa shape index (κ3) is 1.98. The van der Waals surface area contributed by atoms with Crippen molar-refractivity contribution in [2.24, 2.45) is 5.92 Å². The van der Waals surface area contributed by atoms with Gasteiger partial charge in [-0.3, -0.25) is 0 Å². The maximum absolute atomic E-state index is 10.9. The molecule has 1 fully saturated rings. The molecule has 1 rings (SSSR count). The van der Waals surface area contributed by atoms with Crippen LogP contribution in [0.2, 0.25) is 0 Å². The fourth-order valence-electron chi connectivity index (χ4n) is 1.27. The summed E-state index contributed by atoms with van der Waals surface area (Å²) in [5, 5.41) is 10.9. The molecule has 1 radical (unpaired) electrons. The van der Waals surface area contributed by atoms with Crippen LogP contribution in [0.25, 0.3) is 0 Å². The molecule has 0 saturated heterocycles. The molecule has 1 aliphatic carbocycles. The Bertz CT molecular complexity index is 73.9. The van der Waals surface area contributed by atoms with Gasteiger partial charge < -0.3 is 0 Å². The molecule has 0 heterocycles. The van der Waals surface area contributed by atoms with E-state index >= 15 is 0 Å². The first kappa shape index (κ1) is 7.07. The van der Waals surface area contributed by atoms with Crippen molar-refractivity contribution in [1.82, 2.24) is 0 Å². The highest BCUT2D eigenvalue weighted by molar-refractivity contribution is 4.72. The van der Waals surface area contributed by atoms with Crippen LogP contribution in [0.3, 0.4) is 0 Å². The second-order valence-electron chi connectivity index (χ2n) is 3.06. The smallest absolute Gasteiger partial charge is 0.0930 e. The van der Waals surface area contributed by atoms with Gasteiger partial charge in [-0.1, -0.05) is 26.2 Å². The standard InChI is InChI=1S/C8H15O/c1-2-8(9)6-7-4-3-5-7/h7-8H,2-6H2,1H3. The molecular weight excluding hydrogens is 112 g/mol. The summed E-state index contributed by atoms with van der Waals surface area (Å²) < 4.78 is 0. The Morgan fingerprint density at radius 2 is 2.22 bits per heavy atom. The average Bonchev–Trinajstić information content (AvgIpc) is 1.78. The van der Waals surface area contributed by atoms with Gasteiger partial charge in [-0.05, 0) is 18.8 Å². The van der Waals surface area contributed by atoms with Gasteiger partial charge in [0.2, 0.25) is 0 Å². The molecule has 0 N–H and O–H groups in total. The molecule has 1 nitrogen and oxygen atoms in total. The minimum atomic E-state index is -0.268. The van der Waals surface area contributed by atoms with Gasteiger partial charge in [0, 0.05) is 0 Å². The second-order valence-corrected chi connectivity index (χ2v) is 3.06. The Morgan fingerprint density at radius 1 is 1.56 bits per heavy atom. The van der Waals surface area contributed by atoms with Crippen LogP contribution in [0.5, 0.6) is 0 Å². The van der Waals surface area contributed by atoms with E-state index < -0.39 is 0 Å². The van der Waals surface area contributed by atoms with Crippen molar-refractivity contribution in [3.8, 4) is 0 Å². The molecular formula is C8H15O. The summed E-state index contributed by atoms with van der Waals surface area (Å²) in [7, 11) is 0. The summed E-state index contributed by atoms with van der Waals surface area (Å²) in [6.45, 7) is 1.98. The molecule has 0 amide bonds. The minimum Gasteiger partial charge on any atom is -0.233 e. The SMILES string of the molecule is CCC([O])CC1CCC1. The van der Waals surface area contributed by atoms with Gasteiger partial charge in [0.1, 0.15) is 0 Å². The summed E-state index contributed by atoms with van der Waals surface area (Å²) in [4.78, 5) is 0. The van der Waals surface area contributed by atoms with E-state index in [9.17, 15) is 5.11 Å². The van der Waals surface area contributed by atoms with E-state index in [2.05, 4.69) is 0 Å². The zero-order valence-electron chi connectivity index (χ0n) is 6.10. The summed E-state index contributed by atoms with van der Waals surface area (Å²) in [5.74, 6) is 0.799. The van der Waals surface area contributed by atoms with Crippen LogP contribution in [0.1, 0.15) is 39.0 Å². The molecule has 53 valence electrons. The van der Waals surface area contributed by atoms with E-state index in [-0.39, 0.29) is 6.10 Å². The zero-order valence-corrected chi connectivity index (χ0v) is 6.10. The van der Waals surface area contributed by atoms with Gasteiger partial charge in [-0.25, -0.2) is 5.11 Å². The molecule has 0 aromatic rings. The molecule has 1 saturated carbocycles. The second kappa shape index (κ2) is 3.21. The van der Waals surface area contributed by atoms with Crippen molar-refractivity contribution < 1.29 is 5.11 Å². The lowest BCUT2D eigenvalue weighted by atomic mass is 9.81. The lowest BCUT2D eigenvalue weighted by Crippen LogP contribution is -2.17. The van der Waals surface area contributed by atoms with Crippen molar-refractivity contribution in [1.29, 1.82) is 0 Å². The monoisotopic (exact) mass is 127 g/mol. The Kier molecular flexibility index (Phi) is 2.52. The maximum atomic E-state index is 10.9. The molecule has 1 atom stereocenters. The Labute approximate surface area is 57.1 Å². The first-order valence-corrected chi connectivity index (χ1v) is 3.98. The van der Waals surface area contributed by atoms with Gasteiger partial charge in [0.15, 0.2) is 0 Å². The van der Waals surface area contributed by atoms with Gasteiger partial charge in [-0.15, -0.1) is 0 Å². The molecule has 0 aromatic heterocycles. The third-order valence-electron chi connectivity index (χ3n) is 2.28. The largest absolute Gasteiger partial charge is 0.233 e. The van der Waals surface area contributed by atoms with Crippen LogP contribution in [-0.2, 0) is 5.11 Å².